The Morgan fingerprint density at radius 3 is 2.74 bits per heavy atom. The highest BCUT2D eigenvalue weighted by Crippen LogP contribution is 2.35. The van der Waals surface area contributed by atoms with Gasteiger partial charge in [0, 0.05) is 29.9 Å². The van der Waals surface area contributed by atoms with Crippen molar-refractivity contribution in [1.29, 1.82) is 0 Å². The third-order valence-corrected chi connectivity index (χ3v) is 3.91. The van der Waals surface area contributed by atoms with Crippen molar-refractivity contribution < 1.29 is 18.3 Å². The van der Waals surface area contributed by atoms with E-state index in [1.165, 1.54) is 12.1 Å². The van der Waals surface area contributed by atoms with Crippen LogP contribution in [0.5, 0.6) is 0 Å². The third-order valence-electron chi connectivity index (χ3n) is 3.91. The molecule has 6 heteroatoms. The van der Waals surface area contributed by atoms with E-state index in [1.807, 2.05) is 29.2 Å². The van der Waals surface area contributed by atoms with Crippen LogP contribution in [-0.4, -0.2) is 19.2 Å². The number of ether oxygens (including phenoxy) is 1. The Hall–Kier alpha value is -2.63. The average Bonchev–Trinajstić information content (AvgIpc) is 2.54. The van der Waals surface area contributed by atoms with Gasteiger partial charge in [0.15, 0.2) is 11.6 Å². The van der Waals surface area contributed by atoms with Crippen molar-refractivity contribution in [2.45, 2.75) is 6.42 Å². The molecule has 0 radical (unpaired) electrons. The summed E-state index contributed by atoms with van der Waals surface area (Å²) >= 11 is 0. The van der Waals surface area contributed by atoms with Crippen LogP contribution in [0, 0.1) is 17.6 Å². The normalized spacial score (nSPS) is 16.8. The number of nitrogens with two attached hydrogens (primary N) is 1. The van der Waals surface area contributed by atoms with E-state index in [0.29, 0.717) is 12.2 Å². The Kier molecular flexibility index (Phi) is 4.14. The number of hydrogen-bond acceptors (Lipinski definition) is 3. The van der Waals surface area contributed by atoms with E-state index in [2.05, 4.69) is 0 Å². The van der Waals surface area contributed by atoms with Crippen molar-refractivity contribution in [3.63, 3.8) is 0 Å². The fraction of sp³-hybridized carbons (Fsp3) is 0.235. The highest BCUT2D eigenvalue weighted by Gasteiger charge is 2.26. The van der Waals surface area contributed by atoms with Crippen molar-refractivity contribution in [2.24, 2.45) is 11.7 Å². The Balaban J connectivity index is 1.93. The van der Waals surface area contributed by atoms with Crippen molar-refractivity contribution in [3.8, 4) is 0 Å². The summed E-state index contributed by atoms with van der Waals surface area (Å²) in [6.07, 6.45) is -0.0906. The van der Waals surface area contributed by atoms with Gasteiger partial charge < -0.3 is 15.4 Å². The molecule has 3 rings (SSSR count). The molecule has 1 aliphatic heterocycles. The molecule has 23 heavy (non-hydrogen) atoms. The van der Waals surface area contributed by atoms with E-state index >= 15 is 0 Å². The minimum Gasteiger partial charge on any atom is -0.449 e. The van der Waals surface area contributed by atoms with Gasteiger partial charge in [0.1, 0.15) is 0 Å². The summed E-state index contributed by atoms with van der Waals surface area (Å²) in [4.78, 5) is 12.7. The molecule has 1 aliphatic rings. The largest absolute Gasteiger partial charge is 0.449 e. The van der Waals surface area contributed by atoms with Crippen LogP contribution in [0.3, 0.4) is 0 Å². The van der Waals surface area contributed by atoms with Gasteiger partial charge in [-0.1, -0.05) is 18.2 Å². The SMILES string of the molecule is NC(=O)OCC1Cc2ccccc2N(c2ccc(F)c(F)c2)C1. The Morgan fingerprint density at radius 1 is 1.22 bits per heavy atom. The zero-order chi connectivity index (χ0) is 16.4. The van der Waals surface area contributed by atoms with Gasteiger partial charge in [-0.25, -0.2) is 13.6 Å². The predicted octanol–water partition coefficient (Wildman–Crippen LogP) is 3.37. The lowest BCUT2D eigenvalue weighted by atomic mass is 9.92. The first-order valence-corrected chi connectivity index (χ1v) is 7.27. The molecule has 2 N–H and O–H groups in total. The van der Waals surface area contributed by atoms with Gasteiger partial charge in [0.2, 0.25) is 0 Å². The highest BCUT2D eigenvalue weighted by molar-refractivity contribution is 5.68. The summed E-state index contributed by atoms with van der Waals surface area (Å²) in [5.74, 6) is -1.76. The smallest absolute Gasteiger partial charge is 0.404 e. The molecule has 2 aromatic carbocycles. The number of primary amides is 1. The van der Waals surface area contributed by atoms with Crippen LogP contribution in [-0.2, 0) is 11.2 Å². The minimum absolute atomic E-state index is 0.0190. The second-order valence-corrected chi connectivity index (χ2v) is 5.54. The van der Waals surface area contributed by atoms with Gasteiger partial charge in [0.05, 0.1) is 6.61 Å². The maximum atomic E-state index is 13.6. The first-order chi connectivity index (χ1) is 11.0. The number of fused-ring (bicyclic) bond motifs is 1. The standard InChI is InChI=1S/C17H16F2N2O2/c18-14-6-5-13(8-15(14)19)21-9-11(10-23-17(20)22)7-12-3-1-2-4-16(12)21/h1-6,8,11H,7,9-10H2,(H2,20,22). The second-order valence-electron chi connectivity index (χ2n) is 5.54. The highest BCUT2D eigenvalue weighted by atomic mass is 19.2. The van der Waals surface area contributed by atoms with Crippen molar-refractivity contribution in [1.82, 2.24) is 0 Å². The third kappa shape index (κ3) is 3.26. The summed E-state index contributed by atoms with van der Waals surface area (Å²) in [6, 6.07) is 11.5. The molecule has 0 aliphatic carbocycles. The molecule has 1 heterocycles. The molecule has 2 aromatic rings. The number of halogens is 2. The van der Waals surface area contributed by atoms with Crippen LogP contribution < -0.4 is 10.6 Å². The molecule has 0 spiro atoms. The monoisotopic (exact) mass is 318 g/mol. The van der Waals surface area contributed by atoms with Crippen LogP contribution in [0.4, 0.5) is 25.0 Å². The molecule has 4 nitrogen and oxygen atoms in total. The molecule has 1 amide bonds. The predicted molar refractivity (Wildman–Crippen MR) is 82.5 cm³/mol. The number of anilines is 2. The van der Waals surface area contributed by atoms with Gasteiger partial charge in [0.25, 0.3) is 0 Å². The van der Waals surface area contributed by atoms with Crippen molar-refractivity contribution in [3.05, 3.63) is 59.7 Å². The Labute approximate surface area is 132 Å². The average molecular weight is 318 g/mol. The number of benzene rings is 2. The fourth-order valence-corrected chi connectivity index (χ4v) is 2.89. The van der Waals surface area contributed by atoms with Gasteiger partial charge in [-0.2, -0.15) is 0 Å². The lowest BCUT2D eigenvalue weighted by Crippen LogP contribution is -2.35. The molecule has 0 saturated heterocycles. The number of amides is 1. The molecule has 0 bridgehead atoms. The van der Waals surface area contributed by atoms with Crippen LogP contribution in [0.25, 0.3) is 0 Å². The topological polar surface area (TPSA) is 55.6 Å². The number of hydrogen-bond donors (Lipinski definition) is 1. The lowest BCUT2D eigenvalue weighted by molar-refractivity contribution is 0.136. The van der Waals surface area contributed by atoms with Crippen molar-refractivity contribution >= 4 is 17.5 Å². The maximum Gasteiger partial charge on any atom is 0.404 e. The van der Waals surface area contributed by atoms with Gasteiger partial charge in [-0.15, -0.1) is 0 Å². The van der Waals surface area contributed by atoms with Gasteiger partial charge in [-0.3, -0.25) is 0 Å². The van der Waals surface area contributed by atoms with Crippen molar-refractivity contribution in [2.75, 3.05) is 18.1 Å². The fourth-order valence-electron chi connectivity index (χ4n) is 2.89. The molecule has 1 unspecified atom stereocenters. The van der Waals surface area contributed by atoms with E-state index in [-0.39, 0.29) is 12.5 Å². The summed E-state index contributed by atoms with van der Waals surface area (Å²) < 4.78 is 31.7. The number of carbonyl (C=O) groups is 1. The second kappa shape index (κ2) is 6.24. The number of carbonyl (C=O) groups excluding carboxylic acids is 1. The molecule has 0 saturated carbocycles. The molecular formula is C17H16F2N2O2. The molecule has 120 valence electrons. The van der Waals surface area contributed by atoms with E-state index in [0.717, 1.165) is 23.7 Å². The number of rotatable bonds is 3. The van der Waals surface area contributed by atoms with Gasteiger partial charge >= 0.3 is 6.09 Å². The van der Waals surface area contributed by atoms with Crippen LogP contribution in [0.15, 0.2) is 42.5 Å². The zero-order valence-corrected chi connectivity index (χ0v) is 12.3. The Morgan fingerprint density at radius 2 is 2.00 bits per heavy atom. The first-order valence-electron chi connectivity index (χ1n) is 7.27. The zero-order valence-electron chi connectivity index (χ0n) is 12.3. The van der Waals surface area contributed by atoms with E-state index in [1.54, 1.807) is 0 Å². The molecule has 0 fully saturated rings. The van der Waals surface area contributed by atoms with Crippen LogP contribution >= 0.6 is 0 Å². The quantitative estimate of drug-likeness (QED) is 0.944. The Bertz CT molecular complexity index is 736. The number of para-hydroxylation sites is 1. The summed E-state index contributed by atoms with van der Waals surface area (Å²) in [7, 11) is 0. The summed E-state index contributed by atoms with van der Waals surface area (Å²) in [6.45, 7) is 0.708. The minimum atomic E-state index is -0.893. The number of nitrogens with zero attached hydrogens (tertiary/aromatic N) is 1. The summed E-state index contributed by atoms with van der Waals surface area (Å²) in [5, 5.41) is 0. The molecule has 0 aromatic heterocycles. The van der Waals surface area contributed by atoms with Crippen LogP contribution in [0.1, 0.15) is 5.56 Å². The molecular weight excluding hydrogens is 302 g/mol. The first kappa shape index (κ1) is 15.3. The summed E-state index contributed by atoms with van der Waals surface area (Å²) in [5.41, 5.74) is 7.57. The van der Waals surface area contributed by atoms with E-state index in [9.17, 15) is 13.6 Å². The van der Waals surface area contributed by atoms with E-state index in [4.69, 9.17) is 10.5 Å². The lowest BCUT2D eigenvalue weighted by Gasteiger charge is -2.36. The molecule has 1 atom stereocenters. The van der Waals surface area contributed by atoms with E-state index < -0.39 is 17.7 Å². The van der Waals surface area contributed by atoms with Gasteiger partial charge in [-0.05, 0) is 30.2 Å². The maximum absolute atomic E-state index is 13.6. The van der Waals surface area contributed by atoms with Crippen LogP contribution in [0.2, 0.25) is 0 Å².